The van der Waals surface area contributed by atoms with Crippen LogP contribution in [0.5, 0.6) is 11.8 Å². The number of anilines is 2. The molecule has 13 nitrogen and oxygen atoms in total. The molecule has 0 radical (unpaired) electrons. The first-order valence-corrected chi connectivity index (χ1v) is 14.0. The van der Waals surface area contributed by atoms with Gasteiger partial charge >= 0.3 is 12.2 Å². The zero-order chi connectivity index (χ0) is 30.8. The molecule has 1 aliphatic carbocycles. The van der Waals surface area contributed by atoms with Crippen molar-refractivity contribution in [3.63, 3.8) is 0 Å². The molecule has 1 atom stereocenters. The lowest BCUT2D eigenvalue weighted by atomic mass is 9.98. The quantitative estimate of drug-likeness (QED) is 0.295. The van der Waals surface area contributed by atoms with E-state index in [1.54, 1.807) is 12.5 Å². The number of halogens is 3. The first kappa shape index (κ1) is 30.3. The lowest BCUT2D eigenvalue weighted by molar-refractivity contribution is -0.149. The molecule has 2 aliphatic rings. The molecule has 1 aliphatic heterocycles. The number of nitrogens with zero attached hydrogens (tertiary/aromatic N) is 7. The van der Waals surface area contributed by atoms with Crippen molar-refractivity contribution in [2.45, 2.75) is 50.4 Å². The van der Waals surface area contributed by atoms with Gasteiger partial charge in [-0.1, -0.05) is 0 Å². The number of amides is 1. The molecule has 3 aromatic heterocycles. The zero-order valence-corrected chi connectivity index (χ0v) is 24.2. The molecular weight excluding hydrogens is 569 g/mol. The highest BCUT2D eigenvalue weighted by atomic mass is 19.4. The van der Waals surface area contributed by atoms with Gasteiger partial charge in [0.05, 0.1) is 24.2 Å². The summed E-state index contributed by atoms with van der Waals surface area (Å²) in [6.45, 7) is 2.57. The predicted molar refractivity (Wildman–Crippen MR) is 151 cm³/mol. The SMILES string of the molecule is CNC1(COc2nc(C(=O)N[C@@H](C)C(F)(F)F)nc(N3CCC(COc4cc(-c5cn(C)cn5)cnc4N)CC3)n2)CC1. The predicted octanol–water partition coefficient (Wildman–Crippen LogP) is 2.36. The van der Waals surface area contributed by atoms with E-state index in [0.717, 1.165) is 31.0 Å². The topological polar surface area (TPSA) is 158 Å². The number of aromatic nitrogens is 6. The van der Waals surface area contributed by atoms with E-state index in [4.69, 9.17) is 15.2 Å². The van der Waals surface area contributed by atoms with Crippen LogP contribution in [-0.4, -0.2) is 86.5 Å². The van der Waals surface area contributed by atoms with E-state index in [-0.39, 0.29) is 35.8 Å². The summed E-state index contributed by atoms with van der Waals surface area (Å²) in [4.78, 5) is 35.8. The fraction of sp³-hybridized carbons (Fsp3) is 0.556. The Labute approximate surface area is 246 Å². The van der Waals surface area contributed by atoms with E-state index in [1.165, 1.54) is 0 Å². The second-order valence-electron chi connectivity index (χ2n) is 11.1. The number of nitrogen functional groups attached to an aromatic ring is 1. The summed E-state index contributed by atoms with van der Waals surface area (Å²) in [5.74, 6) is -0.384. The molecule has 1 amide bonds. The highest BCUT2D eigenvalue weighted by Crippen LogP contribution is 2.35. The Morgan fingerprint density at radius 3 is 2.56 bits per heavy atom. The molecule has 232 valence electrons. The third kappa shape index (κ3) is 7.42. The Balaban J connectivity index is 1.24. The Hall–Kier alpha value is -4.21. The molecule has 0 spiro atoms. The summed E-state index contributed by atoms with van der Waals surface area (Å²) in [6.07, 6.45) is 3.85. The van der Waals surface area contributed by atoms with E-state index < -0.39 is 23.9 Å². The van der Waals surface area contributed by atoms with Crippen LogP contribution in [-0.2, 0) is 7.05 Å². The minimum atomic E-state index is -4.61. The van der Waals surface area contributed by atoms with Crippen molar-refractivity contribution in [1.29, 1.82) is 0 Å². The van der Waals surface area contributed by atoms with Crippen LogP contribution < -0.4 is 30.7 Å². The number of pyridine rings is 1. The highest BCUT2D eigenvalue weighted by Gasteiger charge is 2.42. The highest BCUT2D eigenvalue weighted by molar-refractivity contribution is 5.91. The van der Waals surface area contributed by atoms with Gasteiger partial charge in [0, 0.05) is 38.1 Å². The fourth-order valence-corrected chi connectivity index (χ4v) is 4.60. The number of imidazole rings is 1. The number of rotatable bonds is 11. The molecular formula is C27H35F3N10O3. The van der Waals surface area contributed by atoms with Gasteiger partial charge in [-0.2, -0.15) is 28.1 Å². The number of hydrogen-bond acceptors (Lipinski definition) is 11. The second-order valence-corrected chi connectivity index (χ2v) is 11.1. The van der Waals surface area contributed by atoms with Crippen molar-refractivity contribution in [2.24, 2.45) is 13.0 Å². The third-order valence-electron chi connectivity index (χ3n) is 7.76. The van der Waals surface area contributed by atoms with E-state index >= 15 is 0 Å². The molecule has 5 rings (SSSR count). The summed E-state index contributed by atoms with van der Waals surface area (Å²) >= 11 is 0. The van der Waals surface area contributed by atoms with Gasteiger partial charge in [-0.05, 0) is 51.6 Å². The number of hydrogen-bond donors (Lipinski definition) is 3. The maximum absolute atomic E-state index is 13.1. The smallest absolute Gasteiger partial charge is 0.408 e. The maximum atomic E-state index is 13.1. The molecule has 1 saturated carbocycles. The molecule has 0 aromatic carbocycles. The maximum Gasteiger partial charge on any atom is 0.408 e. The first-order valence-electron chi connectivity index (χ1n) is 14.0. The average Bonchev–Trinajstić information content (AvgIpc) is 3.65. The molecule has 1 saturated heterocycles. The summed E-state index contributed by atoms with van der Waals surface area (Å²) in [7, 11) is 3.70. The van der Waals surface area contributed by atoms with Crippen molar-refractivity contribution >= 4 is 17.7 Å². The van der Waals surface area contributed by atoms with Gasteiger partial charge in [0.1, 0.15) is 12.6 Å². The average molecular weight is 605 g/mol. The van der Waals surface area contributed by atoms with Crippen LogP contribution in [0.1, 0.15) is 43.2 Å². The van der Waals surface area contributed by atoms with Crippen molar-refractivity contribution < 1.29 is 27.4 Å². The van der Waals surface area contributed by atoms with Crippen molar-refractivity contribution in [3.05, 3.63) is 30.6 Å². The molecule has 0 bridgehead atoms. The van der Waals surface area contributed by atoms with Crippen LogP contribution in [0.25, 0.3) is 11.3 Å². The number of alkyl halides is 3. The lowest BCUT2D eigenvalue weighted by Crippen LogP contribution is -2.44. The Bertz CT molecular complexity index is 1440. The number of nitrogens with one attached hydrogen (secondary N) is 2. The fourth-order valence-electron chi connectivity index (χ4n) is 4.60. The summed E-state index contributed by atoms with van der Waals surface area (Å²) in [5.41, 5.74) is 7.40. The van der Waals surface area contributed by atoms with Gasteiger partial charge in [0.2, 0.25) is 11.8 Å². The number of carbonyl (C=O) groups is 1. The Morgan fingerprint density at radius 2 is 1.93 bits per heavy atom. The van der Waals surface area contributed by atoms with Crippen LogP contribution in [0.4, 0.5) is 24.9 Å². The van der Waals surface area contributed by atoms with Crippen molar-refractivity contribution in [3.8, 4) is 23.0 Å². The third-order valence-corrected chi connectivity index (χ3v) is 7.76. The number of carbonyl (C=O) groups excluding carboxylic acids is 1. The van der Waals surface area contributed by atoms with Gasteiger partial charge in [0.25, 0.3) is 5.91 Å². The molecule has 4 N–H and O–H groups in total. The van der Waals surface area contributed by atoms with Gasteiger partial charge in [-0.15, -0.1) is 0 Å². The number of piperidine rings is 1. The van der Waals surface area contributed by atoms with E-state index in [1.807, 2.05) is 41.1 Å². The number of ether oxygens (including phenoxy) is 2. The standard InChI is InChI=1S/C27H35F3N10O3/c1-16(27(28,29)30)35-23(41)22-36-24(38-25(37-22)43-14-26(32-2)6-7-26)40-8-4-17(5-9-40)13-42-20-10-18(11-33-21(20)31)19-12-39(3)15-34-19/h10-12,15-17,32H,4-9,13-14H2,1-3H3,(H2,31,33)(H,35,41)/t16-/m0/s1. The number of nitrogens with two attached hydrogens (primary N) is 1. The van der Waals surface area contributed by atoms with Crippen LogP contribution >= 0.6 is 0 Å². The number of aryl methyl sites for hydroxylation is 1. The minimum Gasteiger partial charge on any atom is -0.489 e. The van der Waals surface area contributed by atoms with Gasteiger partial charge in [0.15, 0.2) is 11.6 Å². The first-order chi connectivity index (χ1) is 20.4. The molecule has 3 aromatic rings. The molecule has 43 heavy (non-hydrogen) atoms. The zero-order valence-electron chi connectivity index (χ0n) is 24.2. The molecule has 0 unspecified atom stereocenters. The summed E-state index contributed by atoms with van der Waals surface area (Å²) in [6, 6.07) is -0.371. The summed E-state index contributed by atoms with van der Waals surface area (Å²) in [5, 5.41) is 5.10. The largest absolute Gasteiger partial charge is 0.489 e. The van der Waals surface area contributed by atoms with E-state index in [9.17, 15) is 18.0 Å². The van der Waals surface area contributed by atoms with Crippen LogP contribution in [0.15, 0.2) is 24.8 Å². The normalized spacial score (nSPS) is 17.4. The van der Waals surface area contributed by atoms with Gasteiger partial charge in [-0.25, -0.2) is 9.97 Å². The lowest BCUT2D eigenvalue weighted by Gasteiger charge is -2.32. The molecule has 4 heterocycles. The summed E-state index contributed by atoms with van der Waals surface area (Å²) < 4.78 is 52.9. The van der Waals surface area contributed by atoms with Crippen molar-refractivity contribution in [1.82, 2.24) is 40.1 Å². The van der Waals surface area contributed by atoms with Gasteiger partial charge in [-0.3, -0.25) is 4.79 Å². The van der Waals surface area contributed by atoms with Gasteiger partial charge < -0.3 is 35.3 Å². The minimum absolute atomic E-state index is 0.113. The monoisotopic (exact) mass is 604 g/mol. The van der Waals surface area contributed by atoms with Crippen LogP contribution in [0, 0.1) is 5.92 Å². The molecule has 2 fully saturated rings. The van der Waals surface area contributed by atoms with Crippen LogP contribution in [0.2, 0.25) is 0 Å². The second kappa shape index (κ2) is 12.2. The van der Waals surface area contributed by atoms with E-state index in [0.29, 0.717) is 38.3 Å². The Morgan fingerprint density at radius 1 is 1.19 bits per heavy atom. The van der Waals surface area contributed by atoms with E-state index in [2.05, 4.69) is 30.2 Å². The molecule has 16 heteroatoms. The van der Waals surface area contributed by atoms with Crippen LogP contribution in [0.3, 0.4) is 0 Å². The number of likely N-dealkylation sites (N-methyl/N-ethyl adjacent to an activating group) is 1. The Kier molecular flexibility index (Phi) is 8.57. The van der Waals surface area contributed by atoms with Crippen molar-refractivity contribution in [2.75, 3.05) is 44.0 Å².